The topological polar surface area (TPSA) is 93.5 Å². The lowest BCUT2D eigenvalue weighted by Crippen LogP contribution is -2.47. The number of aryl methyl sites for hydroxylation is 3. The summed E-state index contributed by atoms with van der Waals surface area (Å²) in [6.07, 6.45) is 2.73. The third kappa shape index (κ3) is 5.19. The monoisotopic (exact) mass is 434 g/mol. The highest BCUT2D eigenvalue weighted by molar-refractivity contribution is 7.18. The van der Waals surface area contributed by atoms with Gasteiger partial charge in [-0.2, -0.15) is 0 Å². The second-order valence-electron chi connectivity index (χ2n) is 8.76. The van der Waals surface area contributed by atoms with Gasteiger partial charge in [-0.05, 0) is 53.0 Å². The minimum absolute atomic E-state index is 0.00272. The zero-order valence-electron chi connectivity index (χ0n) is 18.3. The molecule has 3 heterocycles. The van der Waals surface area contributed by atoms with E-state index >= 15 is 0 Å². The molecule has 2 aromatic heterocycles. The fourth-order valence-electron chi connectivity index (χ4n) is 3.55. The van der Waals surface area contributed by atoms with Gasteiger partial charge in [0.2, 0.25) is 5.91 Å². The molecule has 164 valence electrons. The highest BCUT2D eigenvalue weighted by Crippen LogP contribution is 2.25. The first-order valence-corrected chi connectivity index (χ1v) is 11.1. The van der Waals surface area contributed by atoms with Crippen molar-refractivity contribution >= 4 is 33.6 Å². The Morgan fingerprint density at radius 2 is 1.93 bits per heavy atom. The maximum absolute atomic E-state index is 12.7. The van der Waals surface area contributed by atoms with Crippen LogP contribution in [0.1, 0.15) is 50.5 Å². The van der Waals surface area contributed by atoms with Crippen molar-refractivity contribution in [1.29, 1.82) is 0 Å². The lowest BCUT2D eigenvalue weighted by atomic mass is 10.0. The van der Waals surface area contributed by atoms with Crippen molar-refractivity contribution in [3.63, 3.8) is 0 Å². The second kappa shape index (κ2) is 8.75. The number of fused-ring (bicyclic) bond motifs is 1. The average molecular weight is 435 g/mol. The second-order valence-corrected chi connectivity index (χ2v) is 9.96. The molecule has 3 rings (SSSR count). The average Bonchev–Trinajstić information content (AvgIpc) is 2.94. The Morgan fingerprint density at radius 3 is 2.57 bits per heavy atom. The van der Waals surface area contributed by atoms with Crippen molar-refractivity contribution in [3.8, 4) is 0 Å². The Labute approximate surface area is 180 Å². The minimum atomic E-state index is -0.531. The van der Waals surface area contributed by atoms with E-state index < -0.39 is 11.7 Å². The van der Waals surface area contributed by atoms with Gasteiger partial charge in [-0.25, -0.2) is 9.78 Å². The fourth-order valence-corrected chi connectivity index (χ4v) is 4.54. The summed E-state index contributed by atoms with van der Waals surface area (Å²) < 4.78 is 6.81. The Kier molecular flexibility index (Phi) is 6.50. The van der Waals surface area contributed by atoms with Crippen LogP contribution in [0, 0.1) is 13.8 Å². The van der Waals surface area contributed by atoms with Crippen LogP contribution in [0.15, 0.2) is 11.1 Å². The first-order valence-electron chi connectivity index (χ1n) is 10.3. The third-order valence-electron chi connectivity index (χ3n) is 5.29. The normalized spacial score (nSPS) is 15.4. The van der Waals surface area contributed by atoms with Crippen LogP contribution in [-0.2, 0) is 16.1 Å². The maximum atomic E-state index is 12.7. The Bertz CT molecular complexity index is 997. The summed E-state index contributed by atoms with van der Waals surface area (Å²) in [6.45, 7) is 10.9. The molecule has 0 aromatic carbocycles. The number of alkyl carbamates (subject to hydrolysis) is 1. The number of nitrogens with one attached hydrogen (secondary N) is 1. The summed E-state index contributed by atoms with van der Waals surface area (Å²) in [5.41, 5.74) is 0.347. The number of likely N-dealkylation sites (tertiary alicyclic amines) is 1. The summed E-state index contributed by atoms with van der Waals surface area (Å²) in [4.78, 5) is 45.3. The minimum Gasteiger partial charge on any atom is -0.444 e. The van der Waals surface area contributed by atoms with Crippen LogP contribution in [0.25, 0.3) is 10.2 Å². The molecule has 2 amide bonds. The molecule has 1 N–H and O–H groups in total. The molecule has 0 radical (unpaired) electrons. The van der Waals surface area contributed by atoms with Crippen LogP contribution >= 0.6 is 11.3 Å². The molecule has 0 saturated carbocycles. The molecule has 8 nitrogen and oxygen atoms in total. The van der Waals surface area contributed by atoms with E-state index in [4.69, 9.17) is 4.74 Å². The molecule has 0 unspecified atom stereocenters. The van der Waals surface area contributed by atoms with Crippen molar-refractivity contribution in [2.45, 2.75) is 72.1 Å². The largest absolute Gasteiger partial charge is 0.444 e. The molecule has 9 heteroatoms. The number of hydrogen-bond acceptors (Lipinski definition) is 6. The summed E-state index contributed by atoms with van der Waals surface area (Å²) in [6, 6.07) is 0.00272. The van der Waals surface area contributed by atoms with Crippen molar-refractivity contribution in [3.05, 3.63) is 27.1 Å². The number of thiophene rings is 1. The van der Waals surface area contributed by atoms with E-state index in [1.807, 2.05) is 34.6 Å². The van der Waals surface area contributed by atoms with Gasteiger partial charge >= 0.3 is 6.09 Å². The molecule has 1 aliphatic rings. The van der Waals surface area contributed by atoms with E-state index in [0.29, 0.717) is 37.9 Å². The number of hydrogen-bond donors (Lipinski definition) is 1. The van der Waals surface area contributed by atoms with Crippen LogP contribution in [-0.4, -0.2) is 51.2 Å². The van der Waals surface area contributed by atoms with Gasteiger partial charge in [0.05, 0.1) is 11.7 Å². The summed E-state index contributed by atoms with van der Waals surface area (Å²) >= 11 is 1.52. The van der Waals surface area contributed by atoms with Gasteiger partial charge in [0.1, 0.15) is 10.4 Å². The molecule has 30 heavy (non-hydrogen) atoms. The van der Waals surface area contributed by atoms with Gasteiger partial charge in [0.15, 0.2) is 0 Å². The molecule has 1 fully saturated rings. The summed E-state index contributed by atoms with van der Waals surface area (Å²) in [5, 5.41) is 3.53. The van der Waals surface area contributed by atoms with Crippen molar-refractivity contribution in [1.82, 2.24) is 19.8 Å². The van der Waals surface area contributed by atoms with E-state index in [-0.39, 0.29) is 23.9 Å². The number of amides is 2. The predicted molar refractivity (Wildman–Crippen MR) is 117 cm³/mol. The molecular weight excluding hydrogens is 404 g/mol. The maximum Gasteiger partial charge on any atom is 0.407 e. The number of rotatable bonds is 4. The van der Waals surface area contributed by atoms with E-state index in [1.165, 1.54) is 22.2 Å². The first-order chi connectivity index (χ1) is 14.0. The number of carbonyl (C=O) groups is 2. The summed E-state index contributed by atoms with van der Waals surface area (Å²) in [7, 11) is 0. The lowest BCUT2D eigenvalue weighted by Gasteiger charge is -2.33. The zero-order valence-corrected chi connectivity index (χ0v) is 19.1. The van der Waals surface area contributed by atoms with E-state index in [9.17, 15) is 14.4 Å². The Balaban J connectivity index is 1.52. The van der Waals surface area contributed by atoms with Crippen LogP contribution < -0.4 is 10.9 Å². The first kappa shape index (κ1) is 22.3. The summed E-state index contributed by atoms with van der Waals surface area (Å²) in [5.74, 6) is 0.0101. The van der Waals surface area contributed by atoms with Gasteiger partial charge in [0, 0.05) is 37.0 Å². The van der Waals surface area contributed by atoms with Gasteiger partial charge in [-0.15, -0.1) is 11.3 Å². The Hall–Kier alpha value is -2.42. The number of piperidine rings is 1. The fraction of sp³-hybridized carbons (Fsp3) is 0.619. The smallest absolute Gasteiger partial charge is 0.407 e. The van der Waals surface area contributed by atoms with Crippen molar-refractivity contribution in [2.75, 3.05) is 13.1 Å². The number of ether oxygens (including phenoxy) is 1. The molecule has 2 aromatic rings. The zero-order chi connectivity index (χ0) is 22.1. The molecule has 0 aliphatic carbocycles. The van der Waals surface area contributed by atoms with Crippen LogP contribution in [0.2, 0.25) is 0 Å². The third-order valence-corrected chi connectivity index (χ3v) is 6.41. The highest BCUT2D eigenvalue weighted by Gasteiger charge is 2.25. The number of aromatic nitrogens is 2. The van der Waals surface area contributed by atoms with Crippen LogP contribution in [0.3, 0.4) is 0 Å². The van der Waals surface area contributed by atoms with Crippen LogP contribution in [0.4, 0.5) is 4.79 Å². The Morgan fingerprint density at radius 1 is 1.27 bits per heavy atom. The van der Waals surface area contributed by atoms with Gasteiger partial charge in [-0.1, -0.05) is 0 Å². The van der Waals surface area contributed by atoms with Gasteiger partial charge < -0.3 is 15.0 Å². The van der Waals surface area contributed by atoms with E-state index in [1.54, 1.807) is 4.90 Å². The molecule has 0 spiro atoms. The van der Waals surface area contributed by atoms with Crippen molar-refractivity contribution < 1.29 is 14.3 Å². The van der Waals surface area contributed by atoms with Crippen molar-refractivity contribution in [2.24, 2.45) is 0 Å². The highest BCUT2D eigenvalue weighted by atomic mass is 32.1. The van der Waals surface area contributed by atoms with Gasteiger partial charge in [-0.3, -0.25) is 14.2 Å². The molecule has 0 bridgehead atoms. The standard InChI is InChI=1S/C21H30N4O4S/c1-13-14(2)30-18-17(13)19(27)25(12-22-18)11-8-16(26)24-9-6-15(7-10-24)23-20(28)29-21(3,4)5/h12,15H,6-11H2,1-5H3,(H,23,28). The van der Waals surface area contributed by atoms with Gasteiger partial charge in [0.25, 0.3) is 5.56 Å². The molecule has 1 aliphatic heterocycles. The van der Waals surface area contributed by atoms with E-state index in [2.05, 4.69) is 10.3 Å². The molecule has 0 atom stereocenters. The van der Waals surface area contributed by atoms with Crippen LogP contribution in [0.5, 0.6) is 0 Å². The molecule has 1 saturated heterocycles. The lowest BCUT2D eigenvalue weighted by molar-refractivity contribution is -0.132. The number of carbonyl (C=O) groups excluding carboxylic acids is 2. The predicted octanol–water partition coefficient (Wildman–Crippen LogP) is 2.98. The number of nitrogens with zero attached hydrogens (tertiary/aromatic N) is 3. The van der Waals surface area contributed by atoms with E-state index in [0.717, 1.165) is 15.3 Å². The SMILES string of the molecule is Cc1sc2ncn(CCC(=O)N3CCC(NC(=O)OC(C)(C)C)CC3)c(=O)c2c1C. The quantitative estimate of drug-likeness (QED) is 0.798. The molecular formula is C21H30N4O4S.